The topological polar surface area (TPSA) is 77.5 Å². The van der Waals surface area contributed by atoms with Gasteiger partial charge in [0.1, 0.15) is 11.5 Å². The number of methoxy groups -OCH3 is 1. The van der Waals surface area contributed by atoms with Gasteiger partial charge in [-0.05, 0) is 50.2 Å². The molecule has 0 radical (unpaired) electrons. The van der Waals surface area contributed by atoms with E-state index in [2.05, 4.69) is 10.3 Å². The molecular formula is C21H20N2O4S. The van der Waals surface area contributed by atoms with Gasteiger partial charge in [-0.3, -0.25) is 14.9 Å². The minimum absolute atomic E-state index is 0.0193. The maximum Gasteiger partial charge on any atom is 0.264 e. The van der Waals surface area contributed by atoms with E-state index in [1.54, 1.807) is 31.4 Å². The molecule has 28 heavy (non-hydrogen) atoms. The van der Waals surface area contributed by atoms with Crippen molar-refractivity contribution in [2.24, 2.45) is 0 Å². The fourth-order valence-corrected chi connectivity index (χ4v) is 3.29. The average Bonchev–Trinajstić information content (AvgIpc) is 3.15. The van der Waals surface area contributed by atoms with Crippen LogP contribution in [0.4, 0.5) is 5.13 Å². The summed E-state index contributed by atoms with van der Waals surface area (Å²) in [6, 6.07) is 12.5. The number of anilines is 1. The first-order valence-electron chi connectivity index (χ1n) is 8.60. The number of ether oxygens (including phenoxy) is 2. The highest BCUT2D eigenvalue weighted by Crippen LogP contribution is 2.32. The van der Waals surface area contributed by atoms with Crippen LogP contribution in [0.2, 0.25) is 0 Å². The van der Waals surface area contributed by atoms with Crippen LogP contribution in [-0.4, -0.2) is 30.4 Å². The van der Waals surface area contributed by atoms with Gasteiger partial charge in [0.2, 0.25) is 0 Å². The second-order valence-corrected chi connectivity index (χ2v) is 7.02. The van der Waals surface area contributed by atoms with Crippen LogP contribution in [0.15, 0.2) is 47.8 Å². The normalized spacial score (nSPS) is 10.4. The van der Waals surface area contributed by atoms with Crippen molar-refractivity contribution in [3.63, 3.8) is 0 Å². The highest BCUT2D eigenvalue weighted by atomic mass is 32.1. The molecule has 0 atom stereocenters. The predicted molar refractivity (Wildman–Crippen MR) is 109 cm³/mol. The zero-order valence-electron chi connectivity index (χ0n) is 15.8. The summed E-state index contributed by atoms with van der Waals surface area (Å²) < 4.78 is 10.8. The molecule has 1 N–H and O–H groups in total. The van der Waals surface area contributed by atoms with E-state index in [9.17, 15) is 9.59 Å². The predicted octanol–water partition coefficient (Wildman–Crippen LogP) is 4.35. The Morgan fingerprint density at radius 1 is 1.14 bits per heavy atom. The van der Waals surface area contributed by atoms with Gasteiger partial charge in [-0.2, -0.15) is 0 Å². The summed E-state index contributed by atoms with van der Waals surface area (Å²) in [4.78, 5) is 27.9. The van der Waals surface area contributed by atoms with Gasteiger partial charge in [0.15, 0.2) is 17.5 Å². The zero-order chi connectivity index (χ0) is 20.1. The number of hydrogen-bond acceptors (Lipinski definition) is 6. The van der Waals surface area contributed by atoms with Crippen molar-refractivity contribution < 1.29 is 19.1 Å². The molecule has 7 heteroatoms. The van der Waals surface area contributed by atoms with Crippen LogP contribution in [0.5, 0.6) is 11.5 Å². The molecule has 1 aromatic heterocycles. The number of amides is 1. The van der Waals surface area contributed by atoms with Gasteiger partial charge < -0.3 is 9.47 Å². The highest BCUT2D eigenvalue weighted by molar-refractivity contribution is 7.14. The summed E-state index contributed by atoms with van der Waals surface area (Å²) in [5.41, 5.74) is 3.31. The summed E-state index contributed by atoms with van der Waals surface area (Å²) in [5, 5.41) is 5.09. The van der Waals surface area contributed by atoms with Crippen LogP contribution in [0.25, 0.3) is 11.3 Å². The minimum Gasteiger partial charge on any atom is -0.496 e. The Labute approximate surface area is 167 Å². The van der Waals surface area contributed by atoms with E-state index in [-0.39, 0.29) is 18.3 Å². The number of nitrogens with zero attached hydrogens (tertiary/aromatic N) is 1. The fraction of sp³-hybridized carbons (Fsp3) is 0.190. The van der Waals surface area contributed by atoms with E-state index in [4.69, 9.17) is 9.47 Å². The lowest BCUT2D eigenvalue weighted by molar-refractivity contribution is -0.118. The molecule has 3 rings (SSSR count). The van der Waals surface area contributed by atoms with Crippen molar-refractivity contribution in [3.05, 3.63) is 59.0 Å². The molecular weight excluding hydrogens is 376 g/mol. The Bertz CT molecular complexity index is 996. The van der Waals surface area contributed by atoms with Gasteiger partial charge in [0.05, 0.1) is 12.8 Å². The Hall–Kier alpha value is -3.19. The number of benzene rings is 2. The molecule has 0 fully saturated rings. The number of carbonyl (C=O) groups is 2. The van der Waals surface area contributed by atoms with Crippen molar-refractivity contribution in [1.82, 2.24) is 4.98 Å². The van der Waals surface area contributed by atoms with E-state index < -0.39 is 0 Å². The quantitative estimate of drug-likeness (QED) is 0.601. The summed E-state index contributed by atoms with van der Waals surface area (Å²) >= 11 is 1.33. The van der Waals surface area contributed by atoms with E-state index in [0.717, 1.165) is 22.6 Å². The minimum atomic E-state index is -0.312. The van der Waals surface area contributed by atoms with Gasteiger partial charge in [-0.25, -0.2) is 4.98 Å². The fourth-order valence-electron chi connectivity index (χ4n) is 2.57. The van der Waals surface area contributed by atoms with Gasteiger partial charge in [-0.1, -0.05) is 11.6 Å². The lowest BCUT2D eigenvalue weighted by Crippen LogP contribution is -2.20. The number of ketones is 1. The molecule has 0 saturated carbocycles. The van der Waals surface area contributed by atoms with E-state index in [0.29, 0.717) is 16.4 Å². The number of carbonyl (C=O) groups excluding carboxylic acids is 2. The molecule has 3 aromatic rings. The van der Waals surface area contributed by atoms with E-state index >= 15 is 0 Å². The van der Waals surface area contributed by atoms with Gasteiger partial charge in [-0.15, -0.1) is 11.3 Å². The summed E-state index contributed by atoms with van der Waals surface area (Å²) in [6.45, 7) is 3.35. The summed E-state index contributed by atoms with van der Waals surface area (Å²) in [6.07, 6.45) is 0. The summed E-state index contributed by atoms with van der Waals surface area (Å²) in [5.74, 6) is 0.914. The van der Waals surface area contributed by atoms with Crippen molar-refractivity contribution in [2.45, 2.75) is 13.8 Å². The van der Waals surface area contributed by atoms with Crippen LogP contribution >= 0.6 is 11.3 Å². The van der Waals surface area contributed by atoms with Crippen LogP contribution in [0.1, 0.15) is 22.8 Å². The standard InChI is InChI=1S/C21H20N2O4S/c1-13-4-9-19(26-3)17(10-13)18-12-28-21(22-18)23-20(25)11-27-16-7-5-15(6-8-16)14(2)24/h4-10,12H,11H2,1-3H3,(H,22,23,25). The molecule has 0 unspecified atom stereocenters. The number of aromatic nitrogens is 1. The molecule has 0 saturated heterocycles. The summed E-state index contributed by atoms with van der Waals surface area (Å²) in [7, 11) is 1.61. The third-order valence-electron chi connectivity index (χ3n) is 4.01. The number of thiazole rings is 1. The Balaban J connectivity index is 1.61. The van der Waals surface area contributed by atoms with Gasteiger partial charge in [0, 0.05) is 16.5 Å². The number of aryl methyl sites for hydroxylation is 1. The lowest BCUT2D eigenvalue weighted by atomic mass is 10.1. The molecule has 0 spiro atoms. The number of nitrogens with one attached hydrogen (secondary N) is 1. The maximum absolute atomic E-state index is 12.1. The van der Waals surface area contributed by atoms with E-state index in [1.165, 1.54) is 18.3 Å². The first kappa shape index (κ1) is 19.6. The van der Waals surface area contributed by atoms with Gasteiger partial charge in [0.25, 0.3) is 5.91 Å². The highest BCUT2D eigenvalue weighted by Gasteiger charge is 2.12. The molecule has 1 amide bonds. The third kappa shape index (κ3) is 4.75. The van der Waals surface area contributed by atoms with Crippen molar-refractivity contribution in [2.75, 3.05) is 19.0 Å². The Morgan fingerprint density at radius 3 is 2.57 bits per heavy atom. The first-order valence-corrected chi connectivity index (χ1v) is 9.48. The lowest BCUT2D eigenvalue weighted by Gasteiger charge is -2.07. The van der Waals surface area contributed by atoms with Crippen molar-refractivity contribution in [1.29, 1.82) is 0 Å². The second kappa shape index (κ2) is 8.67. The van der Waals surface area contributed by atoms with Crippen LogP contribution in [0, 0.1) is 6.92 Å². The van der Waals surface area contributed by atoms with Crippen molar-refractivity contribution in [3.8, 4) is 22.8 Å². The molecule has 1 heterocycles. The molecule has 6 nitrogen and oxygen atoms in total. The van der Waals surface area contributed by atoms with Crippen LogP contribution in [-0.2, 0) is 4.79 Å². The molecule has 0 bridgehead atoms. The van der Waals surface area contributed by atoms with Crippen molar-refractivity contribution >= 4 is 28.2 Å². The molecule has 0 aliphatic heterocycles. The molecule has 144 valence electrons. The van der Waals surface area contributed by atoms with Crippen LogP contribution < -0.4 is 14.8 Å². The number of hydrogen-bond donors (Lipinski definition) is 1. The SMILES string of the molecule is COc1ccc(C)cc1-c1csc(NC(=O)COc2ccc(C(C)=O)cc2)n1. The smallest absolute Gasteiger partial charge is 0.264 e. The second-order valence-electron chi connectivity index (χ2n) is 6.16. The monoisotopic (exact) mass is 396 g/mol. The molecule has 0 aliphatic carbocycles. The Kier molecular flexibility index (Phi) is 6.06. The third-order valence-corrected chi connectivity index (χ3v) is 4.77. The number of rotatable bonds is 7. The largest absolute Gasteiger partial charge is 0.496 e. The first-order chi connectivity index (χ1) is 13.5. The zero-order valence-corrected chi connectivity index (χ0v) is 16.6. The Morgan fingerprint density at radius 2 is 1.89 bits per heavy atom. The average molecular weight is 396 g/mol. The number of Topliss-reactive ketones (excluding diaryl/α,β-unsaturated/α-hetero) is 1. The molecule has 0 aliphatic rings. The van der Waals surface area contributed by atoms with E-state index in [1.807, 2.05) is 30.5 Å². The molecule has 2 aromatic carbocycles. The maximum atomic E-state index is 12.1. The van der Waals surface area contributed by atoms with Gasteiger partial charge >= 0.3 is 0 Å². The van der Waals surface area contributed by atoms with Crippen LogP contribution in [0.3, 0.4) is 0 Å².